The van der Waals surface area contributed by atoms with Crippen molar-refractivity contribution in [2.75, 3.05) is 13.7 Å². The first-order valence-electron chi connectivity index (χ1n) is 4.85. The molecule has 3 heteroatoms. The van der Waals surface area contributed by atoms with E-state index in [9.17, 15) is 5.11 Å². The number of ether oxygens (including phenoxy) is 1. The van der Waals surface area contributed by atoms with E-state index in [1.807, 2.05) is 32.1 Å². The highest BCUT2D eigenvalue weighted by Crippen LogP contribution is 2.36. The maximum atomic E-state index is 9.87. The third kappa shape index (κ3) is 2.30. The van der Waals surface area contributed by atoms with Gasteiger partial charge in [-0.15, -0.1) is 0 Å². The highest BCUT2D eigenvalue weighted by Gasteiger charge is 2.11. The molecule has 82 valence electrons. The predicted molar refractivity (Wildman–Crippen MR) is 62.2 cm³/mol. The number of rotatable bonds is 3. The second kappa shape index (κ2) is 4.84. The highest BCUT2D eigenvalue weighted by atomic mass is 16.5. The van der Waals surface area contributed by atoms with Gasteiger partial charge in [-0.2, -0.15) is 0 Å². The molecule has 1 rings (SSSR count). The van der Waals surface area contributed by atoms with E-state index >= 15 is 0 Å². The monoisotopic (exact) mass is 207 g/mol. The molecule has 0 unspecified atom stereocenters. The van der Waals surface area contributed by atoms with Crippen LogP contribution < -0.4 is 10.5 Å². The van der Waals surface area contributed by atoms with E-state index < -0.39 is 0 Å². The van der Waals surface area contributed by atoms with Crippen LogP contribution in [0.25, 0.3) is 6.08 Å². The first-order chi connectivity index (χ1) is 7.11. The average molecular weight is 207 g/mol. The van der Waals surface area contributed by atoms with Crippen LogP contribution in [0.4, 0.5) is 0 Å². The van der Waals surface area contributed by atoms with Crippen molar-refractivity contribution in [2.45, 2.75) is 13.8 Å². The minimum absolute atomic E-state index is 0.203. The van der Waals surface area contributed by atoms with Gasteiger partial charge >= 0.3 is 0 Å². The minimum Gasteiger partial charge on any atom is -0.504 e. The molecule has 0 heterocycles. The Balaban J connectivity index is 3.31. The van der Waals surface area contributed by atoms with Gasteiger partial charge in [-0.3, -0.25) is 0 Å². The molecule has 3 nitrogen and oxygen atoms in total. The fraction of sp³-hybridized carbons (Fsp3) is 0.333. The van der Waals surface area contributed by atoms with Crippen molar-refractivity contribution in [3.63, 3.8) is 0 Å². The lowest BCUT2D eigenvalue weighted by atomic mass is 10.0. The molecule has 1 aromatic rings. The maximum absolute atomic E-state index is 9.87. The van der Waals surface area contributed by atoms with E-state index in [2.05, 4.69) is 0 Å². The average Bonchev–Trinajstić information content (AvgIpc) is 2.23. The number of hydrogen-bond acceptors (Lipinski definition) is 3. The third-order valence-corrected chi connectivity index (χ3v) is 2.43. The van der Waals surface area contributed by atoms with Gasteiger partial charge in [0.15, 0.2) is 11.5 Å². The first-order valence-corrected chi connectivity index (χ1v) is 4.85. The molecule has 0 saturated heterocycles. The van der Waals surface area contributed by atoms with Crippen molar-refractivity contribution < 1.29 is 9.84 Å². The number of hydrogen-bond donors (Lipinski definition) is 2. The van der Waals surface area contributed by atoms with Crippen molar-refractivity contribution in [2.24, 2.45) is 5.73 Å². The molecular weight excluding hydrogens is 190 g/mol. The minimum atomic E-state index is 0.203. The summed E-state index contributed by atoms with van der Waals surface area (Å²) in [5.74, 6) is 0.706. The Morgan fingerprint density at radius 3 is 2.67 bits per heavy atom. The Morgan fingerprint density at radius 1 is 1.47 bits per heavy atom. The lowest BCUT2D eigenvalue weighted by Crippen LogP contribution is -1.95. The zero-order valence-corrected chi connectivity index (χ0v) is 9.37. The molecular formula is C12H17NO2. The van der Waals surface area contributed by atoms with Crippen LogP contribution in [0.5, 0.6) is 11.5 Å². The van der Waals surface area contributed by atoms with Gasteiger partial charge in [0.2, 0.25) is 0 Å². The normalized spacial score (nSPS) is 10.9. The topological polar surface area (TPSA) is 55.5 Å². The molecule has 0 atom stereocenters. The number of benzene rings is 1. The van der Waals surface area contributed by atoms with Crippen LogP contribution in [-0.2, 0) is 0 Å². The summed E-state index contributed by atoms with van der Waals surface area (Å²) >= 11 is 0. The van der Waals surface area contributed by atoms with Gasteiger partial charge in [0, 0.05) is 12.1 Å². The number of nitrogens with two attached hydrogens (primary N) is 1. The molecule has 0 bridgehead atoms. The molecule has 0 amide bonds. The maximum Gasteiger partial charge on any atom is 0.167 e. The summed E-state index contributed by atoms with van der Waals surface area (Å²) in [6.45, 7) is 4.29. The first kappa shape index (κ1) is 11.6. The standard InChI is InChI=1S/C12H17NO2/c1-8-7-10(5-4-6-13)12(15-3)11(14)9(8)2/h4-5,7,14H,6,13H2,1-3H3/b5-4+. The molecule has 0 radical (unpaired) electrons. The van der Waals surface area contributed by atoms with Crippen LogP contribution in [0.1, 0.15) is 16.7 Å². The number of phenolic OH excluding ortho intramolecular Hbond substituents is 1. The zero-order valence-electron chi connectivity index (χ0n) is 9.37. The fourth-order valence-electron chi connectivity index (χ4n) is 1.43. The molecule has 0 aliphatic heterocycles. The summed E-state index contributed by atoms with van der Waals surface area (Å²) in [7, 11) is 1.55. The summed E-state index contributed by atoms with van der Waals surface area (Å²) in [5.41, 5.74) is 8.11. The number of phenols is 1. The molecule has 15 heavy (non-hydrogen) atoms. The number of aromatic hydroxyl groups is 1. The summed E-state index contributed by atoms with van der Waals surface area (Å²) in [6, 6.07) is 1.97. The molecule has 0 aromatic heterocycles. The largest absolute Gasteiger partial charge is 0.504 e. The van der Waals surface area contributed by atoms with E-state index in [1.165, 1.54) is 0 Å². The van der Waals surface area contributed by atoms with Crippen molar-refractivity contribution >= 4 is 6.08 Å². The van der Waals surface area contributed by atoms with Crippen molar-refractivity contribution in [1.82, 2.24) is 0 Å². The van der Waals surface area contributed by atoms with Gasteiger partial charge < -0.3 is 15.6 Å². The molecule has 3 N–H and O–H groups in total. The van der Waals surface area contributed by atoms with Gasteiger partial charge in [0.25, 0.3) is 0 Å². The van der Waals surface area contributed by atoms with Gasteiger partial charge in [0.05, 0.1) is 7.11 Å². The van der Waals surface area contributed by atoms with Crippen molar-refractivity contribution in [1.29, 1.82) is 0 Å². The Morgan fingerprint density at radius 2 is 2.13 bits per heavy atom. The number of aryl methyl sites for hydroxylation is 1. The van der Waals surface area contributed by atoms with E-state index in [1.54, 1.807) is 7.11 Å². The summed E-state index contributed by atoms with van der Waals surface area (Å²) in [4.78, 5) is 0. The SMILES string of the molecule is COc1c(/C=C/CN)cc(C)c(C)c1O. The Bertz CT molecular complexity index is 384. The van der Waals surface area contributed by atoms with E-state index in [0.717, 1.165) is 16.7 Å². The second-order valence-electron chi connectivity index (χ2n) is 3.43. The van der Waals surface area contributed by atoms with E-state index in [-0.39, 0.29) is 5.75 Å². The van der Waals surface area contributed by atoms with Crippen molar-refractivity contribution in [3.05, 3.63) is 28.8 Å². The second-order valence-corrected chi connectivity index (χ2v) is 3.43. The van der Waals surface area contributed by atoms with Gasteiger partial charge in [0.1, 0.15) is 0 Å². The van der Waals surface area contributed by atoms with Gasteiger partial charge in [-0.1, -0.05) is 12.2 Å². The quantitative estimate of drug-likeness (QED) is 0.797. The smallest absolute Gasteiger partial charge is 0.167 e. The Kier molecular flexibility index (Phi) is 3.74. The lowest BCUT2D eigenvalue weighted by Gasteiger charge is -2.12. The fourth-order valence-corrected chi connectivity index (χ4v) is 1.43. The molecule has 0 fully saturated rings. The Hall–Kier alpha value is -1.48. The van der Waals surface area contributed by atoms with Gasteiger partial charge in [-0.05, 0) is 31.0 Å². The van der Waals surface area contributed by atoms with Crippen LogP contribution in [0.2, 0.25) is 0 Å². The third-order valence-electron chi connectivity index (χ3n) is 2.43. The van der Waals surface area contributed by atoms with E-state index in [4.69, 9.17) is 10.5 Å². The van der Waals surface area contributed by atoms with Crippen LogP contribution >= 0.6 is 0 Å². The highest BCUT2D eigenvalue weighted by molar-refractivity contribution is 5.65. The summed E-state index contributed by atoms with van der Waals surface area (Å²) in [5, 5.41) is 9.87. The molecule has 0 saturated carbocycles. The molecule has 1 aromatic carbocycles. The summed E-state index contributed by atoms with van der Waals surface area (Å²) < 4.78 is 5.17. The van der Waals surface area contributed by atoms with Crippen LogP contribution in [0, 0.1) is 13.8 Å². The molecule has 0 aliphatic rings. The Labute approximate surface area is 90.2 Å². The molecule has 0 spiro atoms. The van der Waals surface area contributed by atoms with Gasteiger partial charge in [-0.25, -0.2) is 0 Å². The zero-order chi connectivity index (χ0) is 11.4. The van der Waals surface area contributed by atoms with Crippen LogP contribution in [0.3, 0.4) is 0 Å². The van der Waals surface area contributed by atoms with E-state index in [0.29, 0.717) is 12.3 Å². The van der Waals surface area contributed by atoms with Crippen molar-refractivity contribution in [3.8, 4) is 11.5 Å². The van der Waals surface area contributed by atoms with Crippen LogP contribution in [0.15, 0.2) is 12.1 Å². The summed E-state index contributed by atoms with van der Waals surface area (Å²) in [6.07, 6.45) is 3.68. The van der Waals surface area contributed by atoms with Crippen LogP contribution in [-0.4, -0.2) is 18.8 Å². The predicted octanol–water partition coefficient (Wildman–Crippen LogP) is 1.99. The number of methoxy groups -OCH3 is 1. The lowest BCUT2D eigenvalue weighted by molar-refractivity contribution is 0.370. The molecule has 0 aliphatic carbocycles.